The zero-order valence-corrected chi connectivity index (χ0v) is 24.5. The summed E-state index contributed by atoms with van der Waals surface area (Å²) >= 11 is 11.7. The van der Waals surface area contributed by atoms with Crippen molar-refractivity contribution in [3.05, 3.63) is 67.5 Å². The van der Waals surface area contributed by atoms with Crippen molar-refractivity contribution in [3.63, 3.8) is 0 Å². The number of ether oxygens (including phenoxy) is 1. The zero-order chi connectivity index (χ0) is 26.5. The molecule has 2 aromatic carbocycles. The van der Waals surface area contributed by atoms with Crippen molar-refractivity contribution in [2.24, 2.45) is 4.99 Å². The van der Waals surface area contributed by atoms with Crippen LogP contribution in [0.25, 0.3) is 6.08 Å². The van der Waals surface area contributed by atoms with Crippen molar-refractivity contribution in [1.29, 1.82) is 5.26 Å². The van der Waals surface area contributed by atoms with Crippen LogP contribution >= 0.6 is 39.3 Å². The van der Waals surface area contributed by atoms with E-state index >= 15 is 0 Å². The fourth-order valence-corrected chi connectivity index (χ4v) is 7.56. The van der Waals surface area contributed by atoms with Crippen LogP contribution in [-0.2, 0) is 11.4 Å². The highest BCUT2D eigenvalue weighted by Gasteiger charge is 2.39. The van der Waals surface area contributed by atoms with Gasteiger partial charge in [0.1, 0.15) is 6.61 Å². The van der Waals surface area contributed by atoms with Crippen LogP contribution in [-0.4, -0.2) is 28.1 Å². The van der Waals surface area contributed by atoms with Crippen molar-refractivity contribution in [2.75, 3.05) is 0 Å². The fourth-order valence-electron chi connectivity index (χ4n) is 5.46. The molecule has 0 radical (unpaired) electrons. The van der Waals surface area contributed by atoms with Gasteiger partial charge in [-0.15, -0.1) is 0 Å². The number of carbonyl (C=O) groups is 1. The lowest BCUT2D eigenvalue weighted by molar-refractivity contribution is -0.124. The third-order valence-corrected chi connectivity index (χ3v) is 9.34. The van der Waals surface area contributed by atoms with Gasteiger partial charge >= 0.3 is 0 Å². The van der Waals surface area contributed by atoms with Gasteiger partial charge < -0.3 is 4.74 Å². The molecule has 2 aliphatic carbocycles. The van der Waals surface area contributed by atoms with Gasteiger partial charge in [0, 0.05) is 11.6 Å². The summed E-state index contributed by atoms with van der Waals surface area (Å²) in [6.45, 7) is 0.230. The Kier molecular flexibility index (Phi) is 9.14. The topological polar surface area (TPSA) is 65.7 Å². The predicted molar refractivity (Wildman–Crippen MR) is 158 cm³/mol. The van der Waals surface area contributed by atoms with Gasteiger partial charge in [0.05, 0.1) is 32.1 Å². The average molecular weight is 613 g/mol. The minimum absolute atomic E-state index is 0.0529. The molecule has 1 saturated heterocycles. The van der Waals surface area contributed by atoms with Crippen LogP contribution in [0, 0.1) is 11.3 Å². The van der Waals surface area contributed by atoms with E-state index in [0.717, 1.165) is 54.8 Å². The molecule has 0 spiro atoms. The molecule has 2 aromatic rings. The van der Waals surface area contributed by atoms with Gasteiger partial charge in [-0.05, 0) is 83.2 Å². The van der Waals surface area contributed by atoms with E-state index in [4.69, 9.17) is 21.3 Å². The smallest absolute Gasteiger partial charge is 0.266 e. The number of nitrogens with zero attached hydrogens (tertiary/aromatic N) is 3. The lowest BCUT2D eigenvalue weighted by Crippen LogP contribution is -2.41. The molecule has 1 amide bonds. The number of hydrogen-bond donors (Lipinski definition) is 0. The normalized spacial score (nSPS) is 21.3. The largest absolute Gasteiger partial charge is 0.486 e. The van der Waals surface area contributed by atoms with E-state index in [1.54, 1.807) is 6.07 Å². The summed E-state index contributed by atoms with van der Waals surface area (Å²) in [4.78, 5) is 21.5. The van der Waals surface area contributed by atoms with E-state index in [9.17, 15) is 10.1 Å². The van der Waals surface area contributed by atoms with Gasteiger partial charge in [-0.1, -0.05) is 68.3 Å². The Balaban J connectivity index is 1.38. The molecular weight excluding hydrogens is 582 g/mol. The molecule has 0 unspecified atom stereocenters. The summed E-state index contributed by atoms with van der Waals surface area (Å²) in [5.41, 5.74) is 2.20. The molecule has 3 fully saturated rings. The third kappa shape index (κ3) is 6.30. The Morgan fingerprint density at radius 2 is 1.82 bits per heavy atom. The molecule has 5 rings (SSSR count). The van der Waals surface area contributed by atoms with Gasteiger partial charge in [0.2, 0.25) is 0 Å². The monoisotopic (exact) mass is 611 g/mol. The molecule has 1 heterocycles. The lowest BCUT2D eigenvalue weighted by Gasteiger charge is -2.31. The van der Waals surface area contributed by atoms with Crippen LogP contribution in [0.3, 0.4) is 0 Å². The molecule has 1 aliphatic heterocycles. The Morgan fingerprint density at radius 3 is 2.53 bits per heavy atom. The Hall–Kier alpha value is -2.27. The average Bonchev–Trinajstić information content (AvgIpc) is 3.23. The highest BCUT2D eigenvalue weighted by molar-refractivity contribution is 9.10. The second-order valence-electron chi connectivity index (χ2n) is 10.2. The molecule has 3 aliphatic rings. The van der Waals surface area contributed by atoms with Crippen molar-refractivity contribution >= 4 is 56.4 Å². The number of aliphatic imine (C=N–C) groups is 1. The lowest BCUT2D eigenvalue weighted by atomic mass is 9.94. The summed E-state index contributed by atoms with van der Waals surface area (Å²) in [5.74, 6) is 0.562. The quantitative estimate of drug-likeness (QED) is 0.307. The number of benzene rings is 2. The van der Waals surface area contributed by atoms with Gasteiger partial charge in [-0.25, -0.2) is 0 Å². The standard InChI is InChI=1S/C30H31BrClN3O2S/c31-25-15-20(16-26(32)28(25)37-19-22-10-8-7-9-21(22)18-33)17-27-29(36)35(24-13-5-2-6-14-24)30(38-27)34-23-11-3-1-4-12-23/h7-10,15-17,23-24H,1-6,11-14,19H2. The van der Waals surface area contributed by atoms with E-state index in [0.29, 0.717) is 31.8 Å². The minimum atomic E-state index is 0.0529. The molecule has 198 valence electrons. The molecule has 0 N–H and O–H groups in total. The molecule has 0 atom stereocenters. The first-order chi connectivity index (χ1) is 18.5. The van der Waals surface area contributed by atoms with E-state index < -0.39 is 0 Å². The number of nitriles is 1. The van der Waals surface area contributed by atoms with E-state index in [1.165, 1.54) is 37.4 Å². The van der Waals surface area contributed by atoms with Crippen molar-refractivity contribution in [3.8, 4) is 11.8 Å². The van der Waals surface area contributed by atoms with Crippen molar-refractivity contribution in [1.82, 2.24) is 4.90 Å². The number of carbonyl (C=O) groups excluding carboxylic acids is 1. The maximum atomic E-state index is 13.7. The second-order valence-corrected chi connectivity index (χ2v) is 12.4. The molecule has 0 bridgehead atoms. The third-order valence-electron chi connectivity index (χ3n) is 7.47. The van der Waals surface area contributed by atoms with Gasteiger partial charge in [-0.2, -0.15) is 5.26 Å². The summed E-state index contributed by atoms with van der Waals surface area (Å²) in [6.07, 6.45) is 13.5. The summed E-state index contributed by atoms with van der Waals surface area (Å²) in [7, 11) is 0. The Bertz CT molecular complexity index is 1270. The number of amidine groups is 1. The second kappa shape index (κ2) is 12.7. The Labute approximate surface area is 242 Å². The molecule has 38 heavy (non-hydrogen) atoms. The van der Waals surface area contributed by atoms with Gasteiger partial charge in [0.25, 0.3) is 5.91 Å². The molecule has 2 saturated carbocycles. The van der Waals surface area contributed by atoms with Crippen LogP contribution < -0.4 is 4.74 Å². The van der Waals surface area contributed by atoms with Gasteiger partial charge in [0.15, 0.2) is 10.9 Å². The van der Waals surface area contributed by atoms with Crippen LogP contribution in [0.5, 0.6) is 5.75 Å². The zero-order valence-electron chi connectivity index (χ0n) is 21.3. The first-order valence-corrected chi connectivity index (χ1v) is 15.4. The van der Waals surface area contributed by atoms with Crippen molar-refractivity contribution < 1.29 is 9.53 Å². The minimum Gasteiger partial charge on any atom is -0.486 e. The molecule has 8 heteroatoms. The maximum absolute atomic E-state index is 13.7. The summed E-state index contributed by atoms with van der Waals surface area (Å²) < 4.78 is 6.69. The van der Waals surface area contributed by atoms with E-state index in [1.807, 2.05) is 41.3 Å². The van der Waals surface area contributed by atoms with Crippen LogP contribution in [0.4, 0.5) is 0 Å². The van der Waals surface area contributed by atoms with Crippen LogP contribution in [0.1, 0.15) is 80.9 Å². The van der Waals surface area contributed by atoms with Crippen molar-refractivity contribution in [2.45, 2.75) is 82.9 Å². The maximum Gasteiger partial charge on any atom is 0.266 e. The summed E-state index contributed by atoms with van der Waals surface area (Å²) in [5, 5.41) is 10.7. The number of amides is 1. The predicted octanol–water partition coefficient (Wildman–Crippen LogP) is 8.49. The van der Waals surface area contributed by atoms with Crippen LogP contribution in [0.2, 0.25) is 5.02 Å². The molecule has 0 aromatic heterocycles. The van der Waals surface area contributed by atoms with Gasteiger partial charge in [-0.3, -0.25) is 14.7 Å². The number of hydrogen-bond acceptors (Lipinski definition) is 5. The Morgan fingerprint density at radius 1 is 1.11 bits per heavy atom. The van der Waals surface area contributed by atoms with E-state index in [2.05, 4.69) is 22.0 Å². The SMILES string of the molecule is N#Cc1ccccc1COc1c(Cl)cc(C=C2SC(=NC3CCCCC3)N(C3CCCCC3)C2=O)cc1Br. The highest BCUT2D eigenvalue weighted by Crippen LogP contribution is 2.40. The number of thioether (sulfide) groups is 1. The number of halogens is 2. The first kappa shape index (κ1) is 27.3. The highest BCUT2D eigenvalue weighted by atomic mass is 79.9. The molecule has 5 nitrogen and oxygen atoms in total. The fraction of sp³-hybridized carbons (Fsp3) is 0.433. The van der Waals surface area contributed by atoms with E-state index in [-0.39, 0.29) is 18.6 Å². The number of rotatable bonds is 6. The van der Waals surface area contributed by atoms with Crippen LogP contribution in [0.15, 0.2) is 50.8 Å². The summed E-state index contributed by atoms with van der Waals surface area (Å²) in [6, 6.07) is 13.8. The first-order valence-electron chi connectivity index (χ1n) is 13.4. The molecular formula is C30H31BrClN3O2S.